The van der Waals surface area contributed by atoms with Crippen molar-refractivity contribution in [2.45, 2.75) is 31.8 Å². The number of para-hydroxylation sites is 2. The third-order valence-electron chi connectivity index (χ3n) is 9.18. The third-order valence-corrected chi connectivity index (χ3v) is 9.18. The molecule has 0 radical (unpaired) electrons. The quantitative estimate of drug-likeness (QED) is 0.178. The van der Waals surface area contributed by atoms with Gasteiger partial charge in [-0.05, 0) is 59.5 Å². The maximum atomic E-state index is 6.75. The summed E-state index contributed by atoms with van der Waals surface area (Å²) in [5.74, 6) is 1.84. The Bertz CT molecular complexity index is 2310. The number of fused-ring (bicyclic) bond motifs is 8. The molecule has 0 N–H and O–H groups in total. The predicted octanol–water partition coefficient (Wildman–Crippen LogP) is 6.36. The van der Waals surface area contributed by atoms with Crippen LogP contribution in [0.2, 0.25) is 0 Å². The Morgan fingerprint density at radius 3 is 2.62 bits per heavy atom. The van der Waals surface area contributed by atoms with Crippen molar-refractivity contribution in [3.8, 4) is 22.8 Å². The lowest BCUT2D eigenvalue weighted by molar-refractivity contribution is -0.940. The van der Waals surface area contributed by atoms with E-state index in [9.17, 15) is 0 Å². The molecule has 1 unspecified atom stereocenters. The smallest absolute Gasteiger partial charge is 0.372 e. The molecule has 5 heteroatoms. The van der Waals surface area contributed by atoms with Crippen LogP contribution in [-0.4, -0.2) is 9.38 Å². The summed E-state index contributed by atoms with van der Waals surface area (Å²) in [6.45, 7) is 6.85. The number of rotatable bonds is 0. The second kappa shape index (κ2) is 6.10. The van der Waals surface area contributed by atoms with Crippen molar-refractivity contribution < 1.29 is 13.9 Å². The fourth-order valence-corrected chi connectivity index (χ4v) is 7.65. The Balaban J connectivity index is 1.54. The van der Waals surface area contributed by atoms with Crippen molar-refractivity contribution >= 4 is 38.5 Å². The molecule has 0 amide bonds. The highest BCUT2D eigenvalue weighted by atomic mass is 16.5. The second-order valence-electron chi connectivity index (χ2n) is 12.1. The van der Waals surface area contributed by atoms with Crippen LogP contribution in [0.5, 0.6) is 11.5 Å². The highest BCUT2D eigenvalue weighted by Gasteiger charge is 2.69. The van der Waals surface area contributed by atoms with Crippen LogP contribution in [0.15, 0.2) is 91.3 Å². The minimum absolute atomic E-state index is 0.0380. The van der Waals surface area contributed by atoms with Gasteiger partial charge in [0.2, 0.25) is 11.3 Å². The lowest BCUT2D eigenvalue weighted by Gasteiger charge is -2.28. The topological polar surface area (TPSA) is 34.3 Å². The molecular formula is C34H24N4O+2. The highest BCUT2D eigenvalue weighted by Crippen LogP contribution is 2.58. The van der Waals surface area contributed by atoms with Crippen molar-refractivity contribution in [2.75, 3.05) is 0 Å². The number of benzene rings is 3. The molecule has 3 aliphatic rings. The van der Waals surface area contributed by atoms with Crippen LogP contribution >= 0.6 is 0 Å². The summed E-state index contributed by atoms with van der Waals surface area (Å²) in [5.41, 5.74) is 10.1. The summed E-state index contributed by atoms with van der Waals surface area (Å²) in [6.07, 6.45) is 4.21. The van der Waals surface area contributed by atoms with E-state index < -0.39 is 5.66 Å². The van der Waals surface area contributed by atoms with Crippen LogP contribution < -0.4 is 13.9 Å². The first-order valence-corrected chi connectivity index (χ1v) is 13.6. The van der Waals surface area contributed by atoms with E-state index in [4.69, 9.17) is 9.72 Å². The minimum atomic E-state index is -0.598. The van der Waals surface area contributed by atoms with E-state index in [2.05, 4.69) is 113 Å². The fraction of sp³-hybridized carbons (Fsp3) is 0.147. The van der Waals surface area contributed by atoms with E-state index in [0.29, 0.717) is 0 Å². The maximum absolute atomic E-state index is 6.75. The Hall–Kier alpha value is -4.77. The van der Waals surface area contributed by atoms with E-state index >= 15 is 0 Å². The van der Waals surface area contributed by atoms with Crippen LogP contribution in [-0.2, 0) is 11.1 Å². The molecule has 5 nitrogen and oxygen atoms in total. The molecule has 7 heterocycles. The second-order valence-corrected chi connectivity index (χ2v) is 12.1. The number of imidazole rings is 1. The predicted molar refractivity (Wildman–Crippen MR) is 150 cm³/mol. The van der Waals surface area contributed by atoms with E-state index in [0.717, 1.165) is 28.0 Å². The van der Waals surface area contributed by atoms with Gasteiger partial charge in [0.05, 0.1) is 16.3 Å². The number of pyridine rings is 3. The summed E-state index contributed by atoms with van der Waals surface area (Å²) in [4.78, 5) is 4.94. The van der Waals surface area contributed by atoms with Gasteiger partial charge in [-0.1, -0.05) is 39.0 Å². The number of hydrogen-bond donors (Lipinski definition) is 0. The molecule has 0 bridgehead atoms. The van der Waals surface area contributed by atoms with Crippen molar-refractivity contribution in [3.63, 3.8) is 0 Å². The van der Waals surface area contributed by atoms with Gasteiger partial charge in [-0.2, -0.15) is 4.40 Å². The summed E-state index contributed by atoms with van der Waals surface area (Å²) in [7, 11) is 0. The highest BCUT2D eigenvalue weighted by molar-refractivity contribution is 6.15. The van der Waals surface area contributed by atoms with Gasteiger partial charge in [0.15, 0.2) is 17.2 Å². The summed E-state index contributed by atoms with van der Waals surface area (Å²) in [6, 6.07) is 28.6. The summed E-state index contributed by atoms with van der Waals surface area (Å²) >= 11 is 0. The first-order chi connectivity index (χ1) is 19.0. The van der Waals surface area contributed by atoms with Gasteiger partial charge in [-0.3, -0.25) is 0 Å². The monoisotopic (exact) mass is 504 g/mol. The molecule has 3 aliphatic heterocycles. The van der Waals surface area contributed by atoms with Gasteiger partial charge in [-0.25, -0.2) is 4.98 Å². The molecule has 7 aromatic rings. The minimum Gasteiger partial charge on any atom is -0.456 e. The fourth-order valence-electron chi connectivity index (χ4n) is 7.65. The third kappa shape index (κ3) is 2.00. The average Bonchev–Trinajstić information content (AvgIpc) is 3.56. The standard InChI is InChI=1S/C34H24N4O/c1-33(2,3)19-15-17-36-25(18-19)22-8-6-12-26-29(22)34(36)30-27(39-26)14-13-20-21-9-7-16-35-31(21)37-23-10-4-5-11-24(23)38(34)32(37)28(20)30/h4-18H,1-3H3/q+2. The maximum Gasteiger partial charge on any atom is 0.372 e. The normalized spacial score (nSPS) is 17.9. The van der Waals surface area contributed by atoms with Crippen LogP contribution in [0.1, 0.15) is 37.5 Å². The molecule has 0 fully saturated rings. The molecule has 0 saturated heterocycles. The Labute approximate surface area is 224 Å². The number of nitrogens with zero attached hydrogens (tertiary/aromatic N) is 4. The molecular weight excluding hydrogens is 480 g/mol. The molecule has 1 spiro atoms. The van der Waals surface area contributed by atoms with E-state index in [1.165, 1.54) is 49.9 Å². The molecule has 3 aromatic carbocycles. The van der Waals surface area contributed by atoms with E-state index in [1.807, 2.05) is 12.3 Å². The van der Waals surface area contributed by atoms with Crippen molar-refractivity contribution in [1.82, 2.24) is 9.38 Å². The Morgan fingerprint density at radius 1 is 0.846 bits per heavy atom. The number of aromatic nitrogens is 4. The molecule has 4 aromatic heterocycles. The molecule has 39 heavy (non-hydrogen) atoms. The zero-order valence-corrected chi connectivity index (χ0v) is 21.9. The lowest BCUT2D eigenvalue weighted by Crippen LogP contribution is -2.72. The van der Waals surface area contributed by atoms with Crippen LogP contribution in [0.4, 0.5) is 0 Å². The van der Waals surface area contributed by atoms with Crippen molar-refractivity contribution in [1.29, 1.82) is 0 Å². The largest absolute Gasteiger partial charge is 0.456 e. The summed E-state index contributed by atoms with van der Waals surface area (Å²) in [5, 5.41) is 3.60. The zero-order chi connectivity index (χ0) is 25.8. The molecule has 184 valence electrons. The molecule has 10 rings (SSSR count). The van der Waals surface area contributed by atoms with E-state index in [1.54, 1.807) is 0 Å². The summed E-state index contributed by atoms with van der Waals surface area (Å²) < 4.78 is 14.2. The van der Waals surface area contributed by atoms with Gasteiger partial charge >= 0.3 is 11.3 Å². The Kier molecular flexibility index (Phi) is 3.16. The van der Waals surface area contributed by atoms with Crippen LogP contribution in [0.3, 0.4) is 0 Å². The van der Waals surface area contributed by atoms with Gasteiger partial charge in [-0.15, -0.1) is 9.13 Å². The van der Waals surface area contributed by atoms with Gasteiger partial charge in [0.1, 0.15) is 22.6 Å². The van der Waals surface area contributed by atoms with Crippen molar-refractivity contribution in [2.24, 2.45) is 0 Å². The van der Waals surface area contributed by atoms with E-state index in [-0.39, 0.29) is 5.41 Å². The van der Waals surface area contributed by atoms with Gasteiger partial charge < -0.3 is 4.74 Å². The molecule has 0 saturated carbocycles. The number of hydrogen-bond acceptors (Lipinski definition) is 2. The van der Waals surface area contributed by atoms with Gasteiger partial charge in [0.25, 0.3) is 0 Å². The van der Waals surface area contributed by atoms with Crippen LogP contribution in [0, 0.1) is 0 Å². The Morgan fingerprint density at radius 2 is 1.72 bits per heavy atom. The first kappa shape index (κ1) is 20.2. The average molecular weight is 505 g/mol. The molecule has 0 aliphatic carbocycles. The SMILES string of the molecule is CC(C)(C)c1cc[n+]2c(c1)-c1cccc3c1C21c2c(ccc4c5cccnc5n5c6ccccc6[n+]1c5c24)O3. The first-order valence-electron chi connectivity index (χ1n) is 13.6. The lowest BCUT2D eigenvalue weighted by atomic mass is 9.85. The molecule has 1 atom stereocenters. The number of ether oxygens (including phenoxy) is 1. The van der Waals surface area contributed by atoms with Crippen molar-refractivity contribution in [3.05, 3.63) is 108 Å². The zero-order valence-electron chi connectivity index (χ0n) is 21.9. The van der Waals surface area contributed by atoms with Gasteiger partial charge in [0, 0.05) is 23.7 Å². The van der Waals surface area contributed by atoms with Crippen LogP contribution in [0.25, 0.3) is 49.7 Å².